The lowest BCUT2D eigenvalue weighted by molar-refractivity contribution is 0.0948. The highest BCUT2D eigenvalue weighted by atomic mass is 32.1. The van der Waals surface area contributed by atoms with Crippen molar-refractivity contribution < 1.29 is 14.3 Å². The Balaban J connectivity index is 2.06. The normalized spacial score (nSPS) is 10.0. The molecule has 21 heavy (non-hydrogen) atoms. The van der Waals surface area contributed by atoms with Crippen LogP contribution in [-0.2, 0) is 6.54 Å². The van der Waals surface area contributed by atoms with Crippen LogP contribution in [0, 0.1) is 0 Å². The van der Waals surface area contributed by atoms with E-state index in [1.165, 1.54) is 0 Å². The first-order valence-corrected chi connectivity index (χ1v) is 6.87. The van der Waals surface area contributed by atoms with Gasteiger partial charge in [-0.1, -0.05) is 18.2 Å². The van der Waals surface area contributed by atoms with Gasteiger partial charge in [0.2, 0.25) is 0 Å². The maximum absolute atomic E-state index is 12.1. The number of thiol groups is 1. The number of rotatable bonds is 5. The number of hydrogen-bond donors (Lipinski definition) is 2. The molecule has 0 aliphatic heterocycles. The van der Waals surface area contributed by atoms with Crippen LogP contribution in [0.3, 0.4) is 0 Å². The molecule has 0 aromatic heterocycles. The molecule has 0 unspecified atom stereocenters. The predicted octanol–water partition coefficient (Wildman–Crippen LogP) is 2.92. The molecule has 0 bridgehead atoms. The zero-order valence-corrected chi connectivity index (χ0v) is 12.8. The van der Waals surface area contributed by atoms with Crippen LogP contribution < -0.4 is 14.8 Å². The largest absolute Gasteiger partial charge is 0.493 e. The van der Waals surface area contributed by atoms with Crippen LogP contribution in [-0.4, -0.2) is 20.1 Å². The zero-order chi connectivity index (χ0) is 15.2. The summed E-state index contributed by atoms with van der Waals surface area (Å²) in [4.78, 5) is 12.8. The van der Waals surface area contributed by atoms with E-state index in [0.29, 0.717) is 28.5 Å². The lowest BCUT2D eigenvalue weighted by atomic mass is 10.1. The van der Waals surface area contributed by atoms with E-state index in [4.69, 9.17) is 9.47 Å². The number of methoxy groups -OCH3 is 2. The highest BCUT2D eigenvalue weighted by molar-refractivity contribution is 7.80. The summed E-state index contributed by atoms with van der Waals surface area (Å²) in [7, 11) is 3.17. The number of carbonyl (C=O) groups excluding carboxylic acids is 1. The minimum atomic E-state index is -0.157. The molecule has 2 aromatic carbocycles. The molecule has 0 heterocycles. The van der Waals surface area contributed by atoms with Gasteiger partial charge in [-0.25, -0.2) is 0 Å². The van der Waals surface area contributed by atoms with E-state index < -0.39 is 0 Å². The summed E-state index contributed by atoms with van der Waals surface area (Å²) in [6.45, 7) is 0.404. The van der Waals surface area contributed by atoms with E-state index >= 15 is 0 Å². The first-order valence-electron chi connectivity index (χ1n) is 6.42. The van der Waals surface area contributed by atoms with E-state index in [1.807, 2.05) is 30.3 Å². The van der Waals surface area contributed by atoms with Crippen LogP contribution in [0.5, 0.6) is 11.5 Å². The van der Waals surface area contributed by atoms with Crippen LogP contribution in [0.4, 0.5) is 0 Å². The van der Waals surface area contributed by atoms with Crippen molar-refractivity contribution in [1.82, 2.24) is 5.32 Å². The Kier molecular flexibility index (Phi) is 5.11. The van der Waals surface area contributed by atoms with Gasteiger partial charge in [0.1, 0.15) is 0 Å². The summed E-state index contributed by atoms with van der Waals surface area (Å²) < 4.78 is 10.4. The fourth-order valence-electron chi connectivity index (χ4n) is 1.93. The van der Waals surface area contributed by atoms with Crippen molar-refractivity contribution in [2.24, 2.45) is 0 Å². The number of benzene rings is 2. The van der Waals surface area contributed by atoms with Gasteiger partial charge in [-0.3, -0.25) is 4.79 Å². The maximum Gasteiger partial charge on any atom is 0.252 e. The maximum atomic E-state index is 12.1. The van der Waals surface area contributed by atoms with Crippen molar-refractivity contribution in [2.45, 2.75) is 11.4 Å². The van der Waals surface area contributed by atoms with E-state index in [0.717, 1.165) is 5.56 Å². The molecular weight excluding hydrogens is 286 g/mol. The second-order valence-corrected chi connectivity index (χ2v) is 4.87. The van der Waals surface area contributed by atoms with Crippen LogP contribution in [0.25, 0.3) is 0 Å². The molecule has 0 aliphatic carbocycles. The predicted molar refractivity (Wildman–Crippen MR) is 84.4 cm³/mol. The Morgan fingerprint density at radius 2 is 1.81 bits per heavy atom. The fraction of sp³-hybridized carbons (Fsp3) is 0.188. The van der Waals surface area contributed by atoms with Gasteiger partial charge in [0.15, 0.2) is 11.5 Å². The van der Waals surface area contributed by atoms with Gasteiger partial charge in [0, 0.05) is 11.4 Å². The third kappa shape index (κ3) is 3.70. The number of hydrogen-bond acceptors (Lipinski definition) is 4. The quantitative estimate of drug-likeness (QED) is 0.835. The minimum absolute atomic E-state index is 0.157. The molecule has 0 radical (unpaired) electrons. The standard InChI is InChI=1S/C16H17NO3S/c1-19-13-8-7-11(9-14(13)20-2)10-17-16(18)12-5-3-4-6-15(12)21/h3-9,21H,10H2,1-2H3,(H,17,18). The molecule has 0 aliphatic rings. The third-order valence-electron chi connectivity index (χ3n) is 3.05. The smallest absolute Gasteiger partial charge is 0.252 e. The Morgan fingerprint density at radius 1 is 1.10 bits per heavy atom. The second-order valence-electron chi connectivity index (χ2n) is 4.39. The minimum Gasteiger partial charge on any atom is -0.493 e. The molecule has 0 fully saturated rings. The van der Waals surface area contributed by atoms with Gasteiger partial charge in [-0.15, -0.1) is 12.6 Å². The van der Waals surface area contributed by atoms with Crippen LogP contribution >= 0.6 is 12.6 Å². The first kappa shape index (κ1) is 15.3. The highest BCUT2D eigenvalue weighted by Gasteiger charge is 2.09. The van der Waals surface area contributed by atoms with E-state index in [9.17, 15) is 4.79 Å². The Morgan fingerprint density at radius 3 is 2.48 bits per heavy atom. The molecule has 0 saturated carbocycles. The average Bonchev–Trinajstić information content (AvgIpc) is 2.52. The van der Waals surface area contributed by atoms with Gasteiger partial charge in [0.05, 0.1) is 19.8 Å². The summed E-state index contributed by atoms with van der Waals surface area (Å²) in [5.74, 6) is 1.14. The van der Waals surface area contributed by atoms with E-state index in [1.54, 1.807) is 26.4 Å². The Labute approximate surface area is 129 Å². The molecule has 2 aromatic rings. The molecule has 1 N–H and O–H groups in total. The Hall–Kier alpha value is -2.14. The number of carbonyl (C=O) groups is 1. The Bertz CT molecular complexity index is 643. The van der Waals surface area contributed by atoms with Crippen molar-refractivity contribution in [3.05, 3.63) is 53.6 Å². The zero-order valence-electron chi connectivity index (χ0n) is 11.9. The van der Waals surface area contributed by atoms with E-state index in [-0.39, 0.29) is 5.91 Å². The number of nitrogens with one attached hydrogen (secondary N) is 1. The molecule has 1 amide bonds. The van der Waals surface area contributed by atoms with Gasteiger partial charge < -0.3 is 14.8 Å². The van der Waals surface area contributed by atoms with Crippen molar-refractivity contribution in [3.8, 4) is 11.5 Å². The van der Waals surface area contributed by atoms with Gasteiger partial charge >= 0.3 is 0 Å². The summed E-state index contributed by atoms with van der Waals surface area (Å²) >= 11 is 4.28. The molecule has 5 heteroatoms. The monoisotopic (exact) mass is 303 g/mol. The molecule has 0 atom stereocenters. The van der Waals surface area contributed by atoms with Crippen molar-refractivity contribution in [2.75, 3.05) is 14.2 Å². The lowest BCUT2D eigenvalue weighted by Crippen LogP contribution is -2.23. The third-order valence-corrected chi connectivity index (χ3v) is 3.44. The molecule has 4 nitrogen and oxygen atoms in total. The van der Waals surface area contributed by atoms with Gasteiger partial charge in [-0.05, 0) is 29.8 Å². The summed E-state index contributed by atoms with van der Waals surface area (Å²) in [6, 6.07) is 12.7. The van der Waals surface area contributed by atoms with Gasteiger partial charge in [0.25, 0.3) is 5.91 Å². The van der Waals surface area contributed by atoms with Crippen molar-refractivity contribution >= 4 is 18.5 Å². The van der Waals surface area contributed by atoms with E-state index in [2.05, 4.69) is 17.9 Å². The molecular formula is C16H17NO3S. The SMILES string of the molecule is COc1ccc(CNC(=O)c2ccccc2S)cc1OC. The fourth-order valence-corrected chi connectivity index (χ4v) is 2.20. The topological polar surface area (TPSA) is 47.6 Å². The summed E-state index contributed by atoms with van der Waals surface area (Å²) in [6.07, 6.45) is 0. The summed E-state index contributed by atoms with van der Waals surface area (Å²) in [5.41, 5.74) is 1.49. The molecule has 0 saturated heterocycles. The average molecular weight is 303 g/mol. The summed E-state index contributed by atoms with van der Waals surface area (Å²) in [5, 5.41) is 2.86. The molecule has 0 spiro atoms. The van der Waals surface area contributed by atoms with Crippen molar-refractivity contribution in [1.29, 1.82) is 0 Å². The van der Waals surface area contributed by atoms with Gasteiger partial charge in [-0.2, -0.15) is 0 Å². The second kappa shape index (κ2) is 7.04. The molecule has 110 valence electrons. The van der Waals surface area contributed by atoms with Crippen LogP contribution in [0.1, 0.15) is 15.9 Å². The molecule has 2 rings (SSSR count). The number of amides is 1. The van der Waals surface area contributed by atoms with Crippen molar-refractivity contribution in [3.63, 3.8) is 0 Å². The lowest BCUT2D eigenvalue weighted by Gasteiger charge is -2.11. The van der Waals surface area contributed by atoms with Crippen LogP contribution in [0.2, 0.25) is 0 Å². The highest BCUT2D eigenvalue weighted by Crippen LogP contribution is 2.27. The number of ether oxygens (including phenoxy) is 2. The van der Waals surface area contributed by atoms with Crippen LogP contribution in [0.15, 0.2) is 47.4 Å². The first-order chi connectivity index (χ1) is 10.2.